The monoisotopic (exact) mass is 346 g/mol. The Balaban J connectivity index is 1.57. The summed E-state index contributed by atoms with van der Waals surface area (Å²) in [4.78, 5) is 0. The normalized spacial score (nSPS) is 11.0. The van der Waals surface area contributed by atoms with E-state index in [1.54, 1.807) is 0 Å². The van der Waals surface area contributed by atoms with E-state index >= 15 is 0 Å². The first-order chi connectivity index (χ1) is 12.1. The third-order valence-electron chi connectivity index (χ3n) is 4.27. The van der Waals surface area contributed by atoms with Gasteiger partial charge in [0.05, 0.1) is 0 Å². The van der Waals surface area contributed by atoms with Gasteiger partial charge in [0.15, 0.2) is 5.11 Å². The maximum Gasteiger partial charge on any atom is 0.175 e. The van der Waals surface area contributed by atoms with Crippen molar-refractivity contribution in [3.8, 4) is 0 Å². The Kier molecular flexibility index (Phi) is 3.90. The molecule has 0 atom stereocenters. The van der Waals surface area contributed by atoms with Gasteiger partial charge in [0.1, 0.15) is 11.2 Å². The first-order valence-corrected chi connectivity index (χ1v) is 8.57. The number of hydrogen-bond acceptors (Lipinski definition) is 2. The van der Waals surface area contributed by atoms with E-state index in [0.29, 0.717) is 5.11 Å². The van der Waals surface area contributed by atoms with Gasteiger partial charge in [0.2, 0.25) is 0 Å². The number of benzene rings is 3. The van der Waals surface area contributed by atoms with E-state index in [4.69, 9.17) is 16.6 Å². The zero-order chi connectivity index (χ0) is 17.4. The molecule has 4 aromatic rings. The molecule has 2 N–H and O–H groups in total. The van der Waals surface area contributed by atoms with Gasteiger partial charge in [-0.1, -0.05) is 35.9 Å². The molecule has 0 spiro atoms. The molecule has 3 nitrogen and oxygen atoms in total. The Morgan fingerprint density at radius 1 is 0.840 bits per heavy atom. The maximum absolute atomic E-state index is 5.92. The molecule has 4 rings (SSSR count). The Morgan fingerprint density at radius 3 is 2.48 bits per heavy atom. The van der Waals surface area contributed by atoms with Crippen LogP contribution >= 0.6 is 12.2 Å². The molecule has 0 saturated carbocycles. The van der Waals surface area contributed by atoms with Gasteiger partial charge in [-0.25, -0.2) is 0 Å². The third kappa shape index (κ3) is 3.08. The minimum atomic E-state index is 0.558. The molecule has 25 heavy (non-hydrogen) atoms. The number of aryl methyl sites for hydroxylation is 2. The SMILES string of the molecule is Cc1ccc(NC(=S)Nc2ccc3c(c2)oc2ccccc23)c(C)c1. The molecule has 4 heteroatoms. The van der Waals surface area contributed by atoms with Crippen LogP contribution in [0.3, 0.4) is 0 Å². The van der Waals surface area contributed by atoms with Gasteiger partial charge in [0.25, 0.3) is 0 Å². The van der Waals surface area contributed by atoms with Crippen LogP contribution in [0, 0.1) is 13.8 Å². The summed E-state index contributed by atoms with van der Waals surface area (Å²) in [5.74, 6) is 0. The summed E-state index contributed by atoms with van der Waals surface area (Å²) in [5, 5.41) is 9.27. The lowest BCUT2D eigenvalue weighted by molar-refractivity contribution is 0.669. The summed E-state index contributed by atoms with van der Waals surface area (Å²) in [6.45, 7) is 4.15. The van der Waals surface area contributed by atoms with Crippen molar-refractivity contribution in [3.05, 3.63) is 71.8 Å². The predicted octanol–water partition coefficient (Wildman–Crippen LogP) is 6.01. The van der Waals surface area contributed by atoms with Crippen LogP contribution in [0.5, 0.6) is 0 Å². The number of para-hydroxylation sites is 1. The van der Waals surface area contributed by atoms with Crippen molar-refractivity contribution >= 4 is 50.6 Å². The van der Waals surface area contributed by atoms with Crippen LogP contribution in [0.25, 0.3) is 21.9 Å². The summed E-state index contributed by atoms with van der Waals surface area (Å²) >= 11 is 5.44. The minimum absolute atomic E-state index is 0.558. The van der Waals surface area contributed by atoms with Crippen LogP contribution in [-0.2, 0) is 0 Å². The zero-order valence-corrected chi connectivity index (χ0v) is 14.9. The highest BCUT2D eigenvalue weighted by Crippen LogP contribution is 2.30. The average molecular weight is 346 g/mol. The van der Waals surface area contributed by atoms with Gasteiger partial charge in [-0.05, 0) is 55.9 Å². The van der Waals surface area contributed by atoms with Crippen LogP contribution in [-0.4, -0.2) is 5.11 Å². The highest BCUT2D eigenvalue weighted by Gasteiger charge is 2.08. The number of furan rings is 1. The largest absolute Gasteiger partial charge is 0.456 e. The van der Waals surface area contributed by atoms with E-state index in [1.807, 2.05) is 36.4 Å². The molecule has 0 unspecified atom stereocenters. The van der Waals surface area contributed by atoms with Crippen LogP contribution in [0.2, 0.25) is 0 Å². The highest BCUT2D eigenvalue weighted by molar-refractivity contribution is 7.80. The molecule has 0 amide bonds. The lowest BCUT2D eigenvalue weighted by Gasteiger charge is -2.13. The van der Waals surface area contributed by atoms with E-state index < -0.39 is 0 Å². The Morgan fingerprint density at radius 2 is 1.64 bits per heavy atom. The standard InChI is InChI=1S/C21H18N2OS/c1-13-7-10-18(14(2)11-13)23-21(25)22-15-8-9-17-16-5-3-4-6-19(16)24-20(17)12-15/h3-12H,1-2H3,(H2,22,23,25). The highest BCUT2D eigenvalue weighted by atomic mass is 32.1. The number of nitrogens with one attached hydrogen (secondary N) is 2. The lowest BCUT2D eigenvalue weighted by atomic mass is 10.1. The summed E-state index contributed by atoms with van der Waals surface area (Å²) < 4.78 is 5.92. The summed E-state index contributed by atoms with van der Waals surface area (Å²) in [5.41, 5.74) is 6.04. The van der Waals surface area contributed by atoms with E-state index in [1.165, 1.54) is 5.56 Å². The molecule has 124 valence electrons. The first-order valence-electron chi connectivity index (χ1n) is 8.17. The van der Waals surface area contributed by atoms with Crippen LogP contribution in [0.15, 0.2) is 65.1 Å². The third-order valence-corrected chi connectivity index (χ3v) is 4.47. The summed E-state index contributed by atoms with van der Waals surface area (Å²) in [6, 6.07) is 20.3. The quantitative estimate of drug-likeness (QED) is 0.436. The number of thiocarbonyl (C=S) groups is 1. The van der Waals surface area contributed by atoms with Crippen molar-refractivity contribution in [3.63, 3.8) is 0 Å². The fourth-order valence-corrected chi connectivity index (χ4v) is 3.27. The van der Waals surface area contributed by atoms with Crippen molar-refractivity contribution in [2.45, 2.75) is 13.8 Å². The summed E-state index contributed by atoms with van der Waals surface area (Å²) in [6.07, 6.45) is 0. The fourth-order valence-electron chi connectivity index (χ4n) is 3.04. The van der Waals surface area contributed by atoms with Crippen molar-refractivity contribution < 1.29 is 4.42 Å². The smallest absolute Gasteiger partial charge is 0.175 e. The second-order valence-electron chi connectivity index (χ2n) is 6.21. The second kappa shape index (κ2) is 6.22. The Labute approximate surface area is 151 Å². The second-order valence-corrected chi connectivity index (χ2v) is 6.61. The molecule has 0 radical (unpaired) electrons. The van der Waals surface area contributed by atoms with Gasteiger partial charge in [-0.3, -0.25) is 0 Å². The van der Waals surface area contributed by atoms with E-state index in [0.717, 1.165) is 38.9 Å². The molecule has 0 aliphatic heterocycles. The van der Waals surface area contributed by atoms with Gasteiger partial charge >= 0.3 is 0 Å². The molecule has 3 aromatic carbocycles. The minimum Gasteiger partial charge on any atom is -0.456 e. The van der Waals surface area contributed by atoms with Gasteiger partial charge < -0.3 is 15.1 Å². The Hall–Kier alpha value is -2.85. The predicted molar refractivity (Wildman–Crippen MR) is 109 cm³/mol. The Bertz CT molecular complexity index is 1100. The van der Waals surface area contributed by atoms with E-state index in [9.17, 15) is 0 Å². The van der Waals surface area contributed by atoms with Crippen molar-refractivity contribution in [2.75, 3.05) is 10.6 Å². The lowest BCUT2D eigenvalue weighted by Crippen LogP contribution is -2.19. The molecule has 0 aliphatic rings. The molecular formula is C21H18N2OS. The molecule has 0 bridgehead atoms. The van der Waals surface area contributed by atoms with Crippen LogP contribution < -0.4 is 10.6 Å². The summed E-state index contributed by atoms with van der Waals surface area (Å²) in [7, 11) is 0. The van der Waals surface area contributed by atoms with Gasteiger partial charge in [-0.15, -0.1) is 0 Å². The van der Waals surface area contributed by atoms with E-state index in [-0.39, 0.29) is 0 Å². The fraction of sp³-hybridized carbons (Fsp3) is 0.0952. The molecular weight excluding hydrogens is 328 g/mol. The number of rotatable bonds is 2. The van der Waals surface area contributed by atoms with Gasteiger partial charge in [-0.2, -0.15) is 0 Å². The van der Waals surface area contributed by atoms with Crippen molar-refractivity contribution in [2.24, 2.45) is 0 Å². The number of fused-ring (bicyclic) bond motifs is 3. The number of hydrogen-bond donors (Lipinski definition) is 2. The molecule has 1 heterocycles. The van der Waals surface area contributed by atoms with Crippen LogP contribution in [0.4, 0.5) is 11.4 Å². The topological polar surface area (TPSA) is 37.2 Å². The first kappa shape index (κ1) is 15.7. The zero-order valence-electron chi connectivity index (χ0n) is 14.1. The molecule has 0 fully saturated rings. The maximum atomic E-state index is 5.92. The number of anilines is 2. The molecule has 0 saturated heterocycles. The molecule has 1 aromatic heterocycles. The average Bonchev–Trinajstić information content (AvgIpc) is 2.95. The van der Waals surface area contributed by atoms with E-state index in [2.05, 4.69) is 48.7 Å². The van der Waals surface area contributed by atoms with Gasteiger partial charge in [0, 0.05) is 28.2 Å². The van der Waals surface area contributed by atoms with Crippen LogP contribution in [0.1, 0.15) is 11.1 Å². The van der Waals surface area contributed by atoms with Crippen molar-refractivity contribution in [1.29, 1.82) is 0 Å². The molecule has 0 aliphatic carbocycles. The van der Waals surface area contributed by atoms with Crippen molar-refractivity contribution in [1.82, 2.24) is 0 Å².